The summed E-state index contributed by atoms with van der Waals surface area (Å²) in [7, 11) is 0. The Labute approximate surface area is 184 Å². The summed E-state index contributed by atoms with van der Waals surface area (Å²) >= 11 is 0. The number of nitrogens with one attached hydrogen (secondary N) is 2. The number of anilines is 1. The van der Waals surface area contributed by atoms with Crippen molar-refractivity contribution in [1.29, 1.82) is 0 Å². The molecule has 0 bridgehead atoms. The molecule has 2 aromatic carbocycles. The maximum Gasteiger partial charge on any atom is 0.196 e. The first kappa shape index (κ1) is 22.6. The monoisotopic (exact) mass is 495 g/mol. The molecule has 1 saturated heterocycles. The van der Waals surface area contributed by atoms with Gasteiger partial charge in [-0.05, 0) is 37.5 Å². The van der Waals surface area contributed by atoms with E-state index in [0.717, 1.165) is 50.9 Å². The van der Waals surface area contributed by atoms with Gasteiger partial charge in [0, 0.05) is 25.4 Å². The van der Waals surface area contributed by atoms with Gasteiger partial charge in [0.25, 0.3) is 0 Å². The normalized spacial score (nSPS) is 16.5. The van der Waals surface area contributed by atoms with Gasteiger partial charge in [-0.3, -0.25) is 0 Å². The number of aryl methyl sites for hydroxylation is 1. The Bertz CT molecular complexity index is 701. The van der Waals surface area contributed by atoms with Crippen LogP contribution < -0.4 is 10.6 Å². The Morgan fingerprint density at radius 2 is 1.93 bits per heavy atom. The first-order valence-corrected chi connectivity index (χ1v) is 9.65. The van der Waals surface area contributed by atoms with E-state index in [4.69, 9.17) is 14.5 Å². The van der Waals surface area contributed by atoms with E-state index in [9.17, 15) is 0 Å². The number of guanidine groups is 1. The average molecular weight is 495 g/mol. The lowest BCUT2D eigenvalue weighted by Crippen LogP contribution is -2.32. The van der Waals surface area contributed by atoms with Gasteiger partial charge in [-0.25, -0.2) is 4.99 Å². The van der Waals surface area contributed by atoms with Crippen molar-refractivity contribution in [1.82, 2.24) is 5.32 Å². The molecule has 152 valence electrons. The highest BCUT2D eigenvalue weighted by atomic mass is 127. The Hall–Kier alpha value is -1.64. The quantitative estimate of drug-likeness (QED) is 0.247. The summed E-state index contributed by atoms with van der Waals surface area (Å²) in [6.45, 7) is 5.82. The van der Waals surface area contributed by atoms with Gasteiger partial charge in [-0.2, -0.15) is 0 Å². The van der Waals surface area contributed by atoms with E-state index < -0.39 is 0 Å². The summed E-state index contributed by atoms with van der Waals surface area (Å²) in [5.74, 6) is 0.783. The molecule has 6 heteroatoms. The van der Waals surface area contributed by atoms with Gasteiger partial charge < -0.3 is 20.1 Å². The van der Waals surface area contributed by atoms with Crippen LogP contribution in [-0.4, -0.2) is 38.4 Å². The fourth-order valence-electron chi connectivity index (χ4n) is 2.83. The van der Waals surface area contributed by atoms with Crippen molar-refractivity contribution < 1.29 is 9.47 Å². The average Bonchev–Trinajstić information content (AvgIpc) is 3.21. The lowest BCUT2D eigenvalue weighted by atomic mass is 10.1. The summed E-state index contributed by atoms with van der Waals surface area (Å²) < 4.78 is 11.1. The third-order valence-electron chi connectivity index (χ3n) is 4.43. The summed E-state index contributed by atoms with van der Waals surface area (Å²) in [6, 6.07) is 18.6. The molecule has 2 aromatic rings. The highest BCUT2D eigenvalue weighted by Crippen LogP contribution is 2.09. The van der Waals surface area contributed by atoms with Crippen molar-refractivity contribution >= 4 is 35.6 Å². The van der Waals surface area contributed by atoms with Crippen LogP contribution in [-0.2, 0) is 16.0 Å². The number of benzene rings is 2. The lowest BCUT2D eigenvalue weighted by molar-refractivity contribution is 0.0420. The highest BCUT2D eigenvalue weighted by Gasteiger charge is 2.15. The molecule has 1 atom stereocenters. The molecule has 1 aliphatic rings. The minimum absolute atomic E-state index is 0. The van der Waals surface area contributed by atoms with Crippen LogP contribution in [0, 0.1) is 6.92 Å². The van der Waals surface area contributed by atoms with Crippen molar-refractivity contribution in [3.05, 3.63) is 65.7 Å². The number of aliphatic imine (C=N–C) groups is 1. The second kappa shape index (κ2) is 12.7. The molecule has 2 N–H and O–H groups in total. The first-order valence-electron chi connectivity index (χ1n) is 9.65. The number of hydrogen-bond donors (Lipinski definition) is 2. The summed E-state index contributed by atoms with van der Waals surface area (Å²) in [4.78, 5) is 4.73. The number of para-hydroxylation sites is 1. The maximum atomic E-state index is 5.82. The number of ether oxygens (including phenoxy) is 2. The van der Waals surface area contributed by atoms with Gasteiger partial charge in [-0.1, -0.05) is 48.0 Å². The topological polar surface area (TPSA) is 54.9 Å². The molecular weight excluding hydrogens is 465 g/mol. The lowest BCUT2D eigenvalue weighted by Gasteiger charge is -2.14. The van der Waals surface area contributed by atoms with Gasteiger partial charge >= 0.3 is 0 Å². The zero-order chi connectivity index (χ0) is 18.7. The highest BCUT2D eigenvalue weighted by molar-refractivity contribution is 14.0. The molecular formula is C22H30IN3O2. The standard InChI is InChI=1S/C22H29N3O2.HI/c1-18-8-10-19(11-9-18)16-24-22(25-20-6-3-2-4-7-20)23-13-5-14-27-21-12-15-26-17-21;/h2-4,6-11,21H,5,12-17H2,1H3,(H2,23,24,25);1H. The Kier molecular flexibility index (Phi) is 10.3. The van der Waals surface area contributed by atoms with E-state index >= 15 is 0 Å². The van der Waals surface area contributed by atoms with Crippen LogP contribution >= 0.6 is 24.0 Å². The third kappa shape index (κ3) is 8.16. The zero-order valence-electron chi connectivity index (χ0n) is 16.4. The number of nitrogens with zero attached hydrogens (tertiary/aromatic N) is 1. The van der Waals surface area contributed by atoms with Gasteiger partial charge in [0.2, 0.25) is 0 Å². The Balaban J connectivity index is 0.00000280. The molecule has 0 saturated carbocycles. The fourth-order valence-corrected chi connectivity index (χ4v) is 2.83. The SMILES string of the molecule is Cc1ccc(CN=C(NCCCOC2CCOC2)Nc2ccccc2)cc1.I. The molecule has 1 heterocycles. The van der Waals surface area contributed by atoms with E-state index in [1.165, 1.54) is 11.1 Å². The van der Waals surface area contributed by atoms with Gasteiger partial charge in [0.05, 0.1) is 19.3 Å². The number of halogens is 1. The molecule has 1 aliphatic heterocycles. The van der Waals surface area contributed by atoms with Gasteiger partial charge in [0.15, 0.2) is 5.96 Å². The van der Waals surface area contributed by atoms with Crippen LogP contribution in [0.1, 0.15) is 24.0 Å². The molecule has 0 radical (unpaired) electrons. The predicted molar refractivity (Wildman–Crippen MR) is 126 cm³/mol. The van der Waals surface area contributed by atoms with E-state index in [1.54, 1.807) is 0 Å². The van der Waals surface area contributed by atoms with Crippen molar-refractivity contribution in [2.45, 2.75) is 32.4 Å². The van der Waals surface area contributed by atoms with Crippen LogP contribution in [0.25, 0.3) is 0 Å². The molecule has 0 amide bonds. The molecule has 5 nitrogen and oxygen atoms in total. The Morgan fingerprint density at radius 1 is 1.14 bits per heavy atom. The predicted octanol–water partition coefficient (Wildman–Crippen LogP) is 4.37. The molecule has 1 fully saturated rings. The summed E-state index contributed by atoms with van der Waals surface area (Å²) in [5, 5.41) is 6.77. The fraction of sp³-hybridized carbons (Fsp3) is 0.409. The van der Waals surface area contributed by atoms with Crippen molar-refractivity contribution in [2.24, 2.45) is 4.99 Å². The van der Waals surface area contributed by atoms with Gasteiger partial charge in [0.1, 0.15) is 0 Å². The van der Waals surface area contributed by atoms with Crippen LogP contribution in [0.2, 0.25) is 0 Å². The van der Waals surface area contributed by atoms with E-state index in [-0.39, 0.29) is 30.1 Å². The smallest absolute Gasteiger partial charge is 0.196 e. The number of rotatable bonds is 8. The van der Waals surface area contributed by atoms with Crippen LogP contribution in [0.4, 0.5) is 5.69 Å². The number of hydrogen-bond acceptors (Lipinski definition) is 3. The van der Waals surface area contributed by atoms with Gasteiger partial charge in [-0.15, -0.1) is 24.0 Å². The van der Waals surface area contributed by atoms with Crippen LogP contribution in [0.5, 0.6) is 0 Å². The minimum atomic E-state index is 0. The first-order chi connectivity index (χ1) is 13.3. The molecule has 0 aliphatic carbocycles. The van der Waals surface area contributed by atoms with E-state index in [0.29, 0.717) is 6.54 Å². The van der Waals surface area contributed by atoms with Crippen molar-refractivity contribution in [3.63, 3.8) is 0 Å². The maximum absolute atomic E-state index is 5.82. The molecule has 3 rings (SSSR count). The van der Waals surface area contributed by atoms with Crippen molar-refractivity contribution in [3.8, 4) is 0 Å². The minimum Gasteiger partial charge on any atom is -0.379 e. The second-order valence-electron chi connectivity index (χ2n) is 6.78. The summed E-state index contributed by atoms with van der Waals surface area (Å²) in [5.41, 5.74) is 3.47. The summed E-state index contributed by atoms with van der Waals surface area (Å²) in [6.07, 6.45) is 2.20. The molecule has 0 aromatic heterocycles. The molecule has 1 unspecified atom stereocenters. The van der Waals surface area contributed by atoms with E-state index in [2.05, 4.69) is 41.8 Å². The zero-order valence-corrected chi connectivity index (χ0v) is 18.7. The third-order valence-corrected chi connectivity index (χ3v) is 4.43. The molecule has 28 heavy (non-hydrogen) atoms. The molecule has 0 spiro atoms. The van der Waals surface area contributed by atoms with E-state index in [1.807, 2.05) is 30.3 Å². The largest absolute Gasteiger partial charge is 0.379 e. The van der Waals surface area contributed by atoms with Crippen LogP contribution in [0.3, 0.4) is 0 Å². The van der Waals surface area contributed by atoms with Crippen molar-refractivity contribution in [2.75, 3.05) is 31.7 Å². The second-order valence-corrected chi connectivity index (χ2v) is 6.78. The Morgan fingerprint density at radius 3 is 2.64 bits per heavy atom. The van der Waals surface area contributed by atoms with Crippen LogP contribution in [0.15, 0.2) is 59.6 Å².